The predicted molar refractivity (Wildman–Crippen MR) is 97.4 cm³/mol. The molecule has 1 aliphatic heterocycles. The van der Waals surface area contributed by atoms with Crippen LogP contribution in [-0.4, -0.2) is 5.97 Å². The highest BCUT2D eigenvalue weighted by atomic mass is 19.1. The van der Waals surface area contributed by atoms with E-state index in [1.165, 1.54) is 25.0 Å². The van der Waals surface area contributed by atoms with Crippen molar-refractivity contribution in [3.8, 4) is 5.75 Å². The second-order valence-corrected chi connectivity index (χ2v) is 7.24. The Morgan fingerprint density at radius 1 is 1.15 bits per heavy atom. The normalized spacial score (nSPS) is 19.4. The van der Waals surface area contributed by atoms with E-state index in [4.69, 9.17) is 14.2 Å². The van der Waals surface area contributed by atoms with Gasteiger partial charge in [0.2, 0.25) is 6.29 Å². The van der Waals surface area contributed by atoms with Gasteiger partial charge in [-0.3, -0.25) is 4.79 Å². The molecule has 0 saturated heterocycles. The van der Waals surface area contributed by atoms with Crippen molar-refractivity contribution in [3.05, 3.63) is 65.0 Å². The maximum absolute atomic E-state index is 14.0. The van der Waals surface area contributed by atoms with Gasteiger partial charge in [0.25, 0.3) is 0 Å². The molecule has 5 heteroatoms. The molecule has 0 unspecified atom stereocenters. The topological polar surface area (TPSA) is 44.8 Å². The van der Waals surface area contributed by atoms with Crippen molar-refractivity contribution in [1.82, 2.24) is 0 Å². The van der Waals surface area contributed by atoms with E-state index >= 15 is 0 Å². The lowest BCUT2D eigenvalue weighted by molar-refractivity contribution is -0.146. The van der Waals surface area contributed by atoms with Gasteiger partial charge < -0.3 is 14.2 Å². The summed E-state index contributed by atoms with van der Waals surface area (Å²) < 4.78 is 31.1. The average molecular weight is 370 g/mol. The van der Waals surface area contributed by atoms with Crippen molar-refractivity contribution >= 4 is 5.97 Å². The Labute approximate surface area is 158 Å². The highest BCUT2D eigenvalue weighted by Gasteiger charge is 2.26. The van der Waals surface area contributed by atoms with Crippen molar-refractivity contribution in [1.29, 1.82) is 0 Å². The van der Waals surface area contributed by atoms with Gasteiger partial charge in [-0.1, -0.05) is 43.2 Å². The van der Waals surface area contributed by atoms with E-state index in [-0.39, 0.29) is 25.0 Å². The zero-order valence-electron chi connectivity index (χ0n) is 15.2. The van der Waals surface area contributed by atoms with E-state index < -0.39 is 6.29 Å². The van der Waals surface area contributed by atoms with E-state index in [1.54, 1.807) is 0 Å². The minimum Gasteiger partial charge on any atom is -0.461 e. The highest BCUT2D eigenvalue weighted by Crippen LogP contribution is 2.37. The highest BCUT2D eigenvalue weighted by molar-refractivity contribution is 5.69. The van der Waals surface area contributed by atoms with Crippen LogP contribution in [0.25, 0.3) is 0 Å². The standard InChI is InChI=1S/C22H23FO4/c23-19-11-17(13-25-20(24)10-15-6-4-5-7-15)21-18(12-19)14-26-22(27-21)16-8-2-1-3-9-16/h1-3,8-9,11-12,15,22H,4-7,10,13-14H2/t22-/m0/s1. The van der Waals surface area contributed by atoms with Gasteiger partial charge in [0.1, 0.15) is 18.2 Å². The number of carbonyl (C=O) groups excluding carboxylic acids is 1. The second-order valence-electron chi connectivity index (χ2n) is 7.24. The average Bonchev–Trinajstić information content (AvgIpc) is 3.19. The Morgan fingerprint density at radius 2 is 1.93 bits per heavy atom. The molecule has 1 saturated carbocycles. The van der Waals surface area contributed by atoms with Crippen molar-refractivity contribution in [3.63, 3.8) is 0 Å². The lowest BCUT2D eigenvalue weighted by Crippen LogP contribution is -2.20. The van der Waals surface area contributed by atoms with Gasteiger partial charge in [0, 0.05) is 23.1 Å². The number of hydrogen-bond donors (Lipinski definition) is 0. The Hall–Kier alpha value is -2.40. The van der Waals surface area contributed by atoms with Crippen LogP contribution in [0.2, 0.25) is 0 Å². The van der Waals surface area contributed by atoms with Crippen LogP contribution in [-0.2, 0) is 27.5 Å². The molecule has 1 heterocycles. The molecule has 27 heavy (non-hydrogen) atoms. The van der Waals surface area contributed by atoms with Crippen LogP contribution < -0.4 is 4.74 Å². The first-order chi connectivity index (χ1) is 13.2. The fourth-order valence-electron chi connectivity index (χ4n) is 3.83. The number of carbonyl (C=O) groups is 1. The maximum Gasteiger partial charge on any atom is 0.306 e. The summed E-state index contributed by atoms with van der Waals surface area (Å²) in [4.78, 5) is 12.1. The number of halogens is 1. The summed E-state index contributed by atoms with van der Waals surface area (Å²) in [5, 5.41) is 0. The van der Waals surface area contributed by atoms with Crippen LogP contribution >= 0.6 is 0 Å². The fraction of sp³-hybridized carbons (Fsp3) is 0.409. The molecule has 0 amide bonds. The first kappa shape index (κ1) is 18.0. The summed E-state index contributed by atoms with van der Waals surface area (Å²) in [5.41, 5.74) is 2.05. The maximum atomic E-state index is 14.0. The molecule has 1 atom stereocenters. The monoisotopic (exact) mass is 370 g/mol. The van der Waals surface area contributed by atoms with Crippen LogP contribution in [0.4, 0.5) is 4.39 Å². The molecule has 0 bridgehead atoms. The molecule has 4 nitrogen and oxygen atoms in total. The first-order valence-corrected chi connectivity index (χ1v) is 9.49. The Balaban J connectivity index is 1.47. The number of esters is 1. The van der Waals surface area contributed by atoms with Gasteiger partial charge in [0.15, 0.2) is 0 Å². The molecule has 142 valence electrons. The second kappa shape index (κ2) is 8.09. The molecule has 0 radical (unpaired) electrons. The molecule has 4 rings (SSSR count). The van der Waals surface area contributed by atoms with Gasteiger partial charge in [-0.25, -0.2) is 4.39 Å². The third-order valence-electron chi connectivity index (χ3n) is 5.21. The minimum absolute atomic E-state index is 0.00710. The van der Waals surface area contributed by atoms with Gasteiger partial charge in [-0.15, -0.1) is 0 Å². The molecule has 0 N–H and O–H groups in total. The van der Waals surface area contributed by atoms with Gasteiger partial charge in [-0.05, 0) is 30.9 Å². The molecule has 2 aromatic rings. The van der Waals surface area contributed by atoms with Gasteiger partial charge in [0.05, 0.1) is 6.61 Å². The van der Waals surface area contributed by atoms with Gasteiger partial charge >= 0.3 is 5.97 Å². The number of fused-ring (bicyclic) bond motifs is 1. The van der Waals surface area contributed by atoms with Crippen LogP contribution in [0.1, 0.15) is 55.1 Å². The molecule has 0 aromatic heterocycles. The quantitative estimate of drug-likeness (QED) is 0.691. The van der Waals surface area contributed by atoms with Crippen LogP contribution in [0.5, 0.6) is 5.75 Å². The molecule has 2 aliphatic rings. The Morgan fingerprint density at radius 3 is 2.70 bits per heavy atom. The molecular weight excluding hydrogens is 347 g/mol. The summed E-state index contributed by atoms with van der Waals surface area (Å²) in [6.07, 6.45) is 4.42. The first-order valence-electron chi connectivity index (χ1n) is 9.49. The van der Waals surface area contributed by atoms with Crippen molar-refractivity contribution in [2.75, 3.05) is 0 Å². The van der Waals surface area contributed by atoms with E-state index in [2.05, 4.69) is 0 Å². The summed E-state index contributed by atoms with van der Waals surface area (Å²) >= 11 is 0. The van der Waals surface area contributed by atoms with E-state index in [1.807, 2.05) is 30.3 Å². The zero-order chi connectivity index (χ0) is 18.6. The molecule has 2 aromatic carbocycles. The van der Waals surface area contributed by atoms with Crippen molar-refractivity contribution in [2.24, 2.45) is 5.92 Å². The number of ether oxygens (including phenoxy) is 3. The van der Waals surface area contributed by atoms with E-state index in [9.17, 15) is 9.18 Å². The molecule has 1 fully saturated rings. The van der Waals surface area contributed by atoms with Crippen LogP contribution in [0.15, 0.2) is 42.5 Å². The number of rotatable bonds is 5. The minimum atomic E-state index is -0.558. The number of benzene rings is 2. The molecule has 1 aliphatic carbocycles. The third kappa shape index (κ3) is 4.30. The van der Waals surface area contributed by atoms with Crippen molar-refractivity contribution in [2.45, 2.75) is 51.6 Å². The summed E-state index contributed by atoms with van der Waals surface area (Å²) in [7, 11) is 0. The van der Waals surface area contributed by atoms with Gasteiger partial charge in [-0.2, -0.15) is 0 Å². The van der Waals surface area contributed by atoms with Crippen molar-refractivity contribution < 1.29 is 23.4 Å². The predicted octanol–water partition coefficient (Wildman–Crippen LogP) is 5.06. The summed E-state index contributed by atoms with van der Waals surface area (Å²) in [5.74, 6) is 0.351. The van der Waals surface area contributed by atoms with Crippen LogP contribution in [0, 0.1) is 11.7 Å². The SMILES string of the molecule is O=C(CC1CCCC1)OCc1cc(F)cc2c1O[C@@H](c1ccccc1)OC2. The molecular formula is C22H23FO4. The fourth-order valence-corrected chi connectivity index (χ4v) is 3.83. The largest absolute Gasteiger partial charge is 0.461 e. The zero-order valence-corrected chi connectivity index (χ0v) is 15.2. The summed E-state index contributed by atoms with van der Waals surface area (Å²) in [6.45, 7) is 0.253. The lowest BCUT2D eigenvalue weighted by Gasteiger charge is -2.28. The lowest BCUT2D eigenvalue weighted by atomic mass is 10.0. The van der Waals surface area contributed by atoms with E-state index in [0.29, 0.717) is 29.2 Å². The number of hydrogen-bond acceptors (Lipinski definition) is 4. The smallest absolute Gasteiger partial charge is 0.306 e. The Bertz CT molecular complexity index is 799. The summed E-state index contributed by atoms with van der Waals surface area (Å²) in [6, 6.07) is 12.4. The molecule has 0 spiro atoms. The van der Waals surface area contributed by atoms with Crippen LogP contribution in [0.3, 0.4) is 0 Å². The Kier molecular flexibility index (Phi) is 5.39. The third-order valence-corrected chi connectivity index (χ3v) is 5.21. The van der Waals surface area contributed by atoms with E-state index in [0.717, 1.165) is 18.4 Å².